The summed E-state index contributed by atoms with van der Waals surface area (Å²) in [5.41, 5.74) is 2.41. The molecule has 0 saturated heterocycles. The number of nitrogens with zero attached hydrogens (tertiary/aromatic N) is 2. The van der Waals surface area contributed by atoms with E-state index in [0.29, 0.717) is 22.3 Å². The van der Waals surface area contributed by atoms with Gasteiger partial charge in [0.25, 0.3) is 0 Å². The van der Waals surface area contributed by atoms with Gasteiger partial charge in [-0.15, -0.1) is 0 Å². The molecule has 0 unspecified atom stereocenters. The first-order valence-corrected chi connectivity index (χ1v) is 7.70. The van der Waals surface area contributed by atoms with Gasteiger partial charge in [-0.1, -0.05) is 30.3 Å². The van der Waals surface area contributed by atoms with Crippen LogP contribution in [-0.4, -0.2) is 9.38 Å². The van der Waals surface area contributed by atoms with Crippen molar-refractivity contribution in [3.63, 3.8) is 0 Å². The van der Waals surface area contributed by atoms with Gasteiger partial charge in [0.15, 0.2) is 0 Å². The molecule has 0 aliphatic heterocycles. The standard InChI is InChI=1S/C20H12N2O2/c23-20-14-8-4-5-9-16(14)22-12-21-15-10-11-17(18(20)19(15)22)24-13-6-2-1-3-7-13/h1-12H. The van der Waals surface area contributed by atoms with Gasteiger partial charge in [-0.2, -0.15) is 0 Å². The largest absolute Gasteiger partial charge is 0.457 e. The van der Waals surface area contributed by atoms with E-state index in [4.69, 9.17) is 4.74 Å². The molecule has 2 aromatic heterocycles. The molecule has 3 aromatic carbocycles. The number of rotatable bonds is 2. The summed E-state index contributed by atoms with van der Waals surface area (Å²) in [5.74, 6) is 1.25. The summed E-state index contributed by atoms with van der Waals surface area (Å²) in [4.78, 5) is 17.5. The predicted octanol–water partition coefficient (Wildman–Crippen LogP) is 4.23. The highest BCUT2D eigenvalue weighted by Crippen LogP contribution is 2.32. The molecule has 0 fully saturated rings. The van der Waals surface area contributed by atoms with Gasteiger partial charge in [0.1, 0.15) is 17.8 Å². The molecule has 0 aliphatic rings. The Hall–Kier alpha value is -3.40. The molecule has 0 bridgehead atoms. The third-order valence-electron chi connectivity index (χ3n) is 4.28. The summed E-state index contributed by atoms with van der Waals surface area (Å²) in [5, 5.41) is 1.22. The molecule has 4 nitrogen and oxygen atoms in total. The van der Waals surface area contributed by atoms with Gasteiger partial charge in [0.2, 0.25) is 5.43 Å². The highest BCUT2D eigenvalue weighted by molar-refractivity contribution is 6.04. The smallest absolute Gasteiger partial charge is 0.201 e. The van der Waals surface area contributed by atoms with Crippen molar-refractivity contribution < 1.29 is 4.74 Å². The van der Waals surface area contributed by atoms with Crippen LogP contribution in [0.15, 0.2) is 77.9 Å². The number of imidazole rings is 1. The minimum atomic E-state index is -0.0323. The van der Waals surface area contributed by atoms with Gasteiger partial charge in [-0.3, -0.25) is 9.20 Å². The molecular weight excluding hydrogens is 300 g/mol. The summed E-state index contributed by atoms with van der Waals surface area (Å²) >= 11 is 0. The van der Waals surface area contributed by atoms with Gasteiger partial charge in [0.05, 0.1) is 21.9 Å². The SMILES string of the molecule is O=c1c2ccccc2n2cnc3ccc(Oc4ccccc4)c1c32. The lowest BCUT2D eigenvalue weighted by atomic mass is 10.1. The monoisotopic (exact) mass is 312 g/mol. The quantitative estimate of drug-likeness (QED) is 0.458. The minimum Gasteiger partial charge on any atom is -0.457 e. The van der Waals surface area contributed by atoms with E-state index in [1.54, 1.807) is 6.33 Å². The Morgan fingerprint density at radius 2 is 1.67 bits per heavy atom. The number of hydrogen-bond donors (Lipinski definition) is 0. The van der Waals surface area contributed by atoms with Crippen LogP contribution in [0.3, 0.4) is 0 Å². The van der Waals surface area contributed by atoms with Crippen molar-refractivity contribution >= 4 is 27.3 Å². The molecule has 24 heavy (non-hydrogen) atoms. The maximum absolute atomic E-state index is 13.1. The fourth-order valence-corrected chi connectivity index (χ4v) is 3.20. The van der Waals surface area contributed by atoms with Crippen LogP contribution in [0.1, 0.15) is 0 Å². The van der Waals surface area contributed by atoms with Crippen molar-refractivity contribution in [3.8, 4) is 11.5 Å². The van der Waals surface area contributed by atoms with E-state index in [-0.39, 0.29) is 5.43 Å². The van der Waals surface area contributed by atoms with E-state index >= 15 is 0 Å². The summed E-state index contributed by atoms with van der Waals surface area (Å²) in [7, 11) is 0. The minimum absolute atomic E-state index is 0.0323. The first kappa shape index (κ1) is 13.1. The average molecular weight is 312 g/mol. The van der Waals surface area contributed by atoms with Crippen LogP contribution in [0.4, 0.5) is 0 Å². The Morgan fingerprint density at radius 3 is 2.54 bits per heavy atom. The number of benzene rings is 3. The van der Waals surface area contributed by atoms with Crippen molar-refractivity contribution in [2.75, 3.05) is 0 Å². The highest BCUT2D eigenvalue weighted by atomic mass is 16.5. The van der Waals surface area contributed by atoms with Crippen LogP contribution in [0, 0.1) is 0 Å². The van der Waals surface area contributed by atoms with Gasteiger partial charge in [-0.05, 0) is 36.4 Å². The zero-order valence-electron chi connectivity index (χ0n) is 12.6. The zero-order valence-corrected chi connectivity index (χ0v) is 12.6. The fourth-order valence-electron chi connectivity index (χ4n) is 3.20. The zero-order chi connectivity index (χ0) is 16.1. The molecule has 0 spiro atoms. The first-order valence-electron chi connectivity index (χ1n) is 7.70. The Morgan fingerprint density at radius 1 is 0.875 bits per heavy atom. The van der Waals surface area contributed by atoms with Gasteiger partial charge in [0, 0.05) is 5.39 Å². The van der Waals surface area contributed by atoms with Crippen molar-refractivity contribution in [3.05, 3.63) is 83.3 Å². The van der Waals surface area contributed by atoms with E-state index < -0.39 is 0 Å². The van der Waals surface area contributed by atoms with Gasteiger partial charge >= 0.3 is 0 Å². The molecule has 5 rings (SSSR count). The third kappa shape index (κ3) is 1.74. The van der Waals surface area contributed by atoms with E-state index in [2.05, 4.69) is 4.98 Å². The number of para-hydroxylation sites is 2. The molecule has 114 valence electrons. The lowest BCUT2D eigenvalue weighted by Gasteiger charge is -2.10. The van der Waals surface area contributed by atoms with Crippen LogP contribution in [0.2, 0.25) is 0 Å². The molecule has 4 heteroatoms. The molecule has 0 N–H and O–H groups in total. The molecule has 0 atom stereocenters. The molecule has 0 saturated carbocycles. The van der Waals surface area contributed by atoms with Gasteiger partial charge in [-0.25, -0.2) is 4.98 Å². The maximum atomic E-state index is 13.1. The van der Waals surface area contributed by atoms with Crippen LogP contribution >= 0.6 is 0 Å². The van der Waals surface area contributed by atoms with E-state index in [1.807, 2.05) is 71.1 Å². The number of fused-ring (bicyclic) bond motifs is 2. The van der Waals surface area contributed by atoms with Crippen molar-refractivity contribution in [1.29, 1.82) is 0 Å². The first-order chi connectivity index (χ1) is 11.8. The third-order valence-corrected chi connectivity index (χ3v) is 4.28. The van der Waals surface area contributed by atoms with Crippen molar-refractivity contribution in [2.45, 2.75) is 0 Å². The molecule has 0 aliphatic carbocycles. The summed E-state index contributed by atoms with van der Waals surface area (Å²) in [6, 6.07) is 20.7. The number of hydrogen-bond acceptors (Lipinski definition) is 3. The highest BCUT2D eigenvalue weighted by Gasteiger charge is 2.17. The van der Waals surface area contributed by atoms with Crippen LogP contribution in [0.25, 0.3) is 27.3 Å². The van der Waals surface area contributed by atoms with Crippen LogP contribution in [0.5, 0.6) is 11.5 Å². The molecular formula is C20H12N2O2. The predicted molar refractivity (Wildman–Crippen MR) is 94.2 cm³/mol. The van der Waals surface area contributed by atoms with E-state index in [9.17, 15) is 4.79 Å². The average Bonchev–Trinajstić information content (AvgIpc) is 3.06. The van der Waals surface area contributed by atoms with Crippen molar-refractivity contribution in [1.82, 2.24) is 9.38 Å². The number of ether oxygens (including phenoxy) is 1. The lowest BCUT2D eigenvalue weighted by molar-refractivity contribution is 0.488. The Bertz CT molecular complexity index is 1240. The second-order valence-electron chi connectivity index (χ2n) is 5.68. The molecule has 2 heterocycles. The topological polar surface area (TPSA) is 43.6 Å². The number of pyridine rings is 1. The summed E-state index contributed by atoms with van der Waals surface area (Å²) in [6.07, 6.45) is 1.76. The molecule has 0 amide bonds. The van der Waals surface area contributed by atoms with E-state index in [1.165, 1.54) is 0 Å². The Kier molecular flexibility index (Phi) is 2.61. The lowest BCUT2D eigenvalue weighted by Crippen LogP contribution is -2.07. The fraction of sp³-hybridized carbons (Fsp3) is 0. The second kappa shape index (κ2) is 4.80. The van der Waals surface area contributed by atoms with Crippen molar-refractivity contribution in [2.24, 2.45) is 0 Å². The van der Waals surface area contributed by atoms with Crippen LogP contribution < -0.4 is 10.2 Å². The summed E-state index contributed by atoms with van der Waals surface area (Å²) < 4.78 is 7.95. The van der Waals surface area contributed by atoms with Crippen LogP contribution in [-0.2, 0) is 0 Å². The summed E-state index contributed by atoms with van der Waals surface area (Å²) in [6.45, 7) is 0. The molecule has 5 aromatic rings. The normalized spacial score (nSPS) is 11.5. The Balaban J connectivity index is 1.91. The second-order valence-corrected chi connectivity index (χ2v) is 5.68. The van der Waals surface area contributed by atoms with E-state index in [0.717, 1.165) is 16.6 Å². The number of aromatic nitrogens is 2. The van der Waals surface area contributed by atoms with Gasteiger partial charge < -0.3 is 4.74 Å². The Labute approximate surface area is 136 Å². The molecule has 0 radical (unpaired) electrons. The maximum Gasteiger partial charge on any atom is 0.201 e.